The van der Waals surface area contributed by atoms with Gasteiger partial charge in [-0.3, -0.25) is 9.69 Å². The van der Waals surface area contributed by atoms with E-state index in [-0.39, 0.29) is 17.1 Å². The molecular weight excluding hydrogens is 361 g/mol. The van der Waals surface area contributed by atoms with Crippen molar-refractivity contribution in [2.45, 2.75) is 32.4 Å². The summed E-state index contributed by atoms with van der Waals surface area (Å²) < 4.78 is 25.0. The smallest absolute Gasteiger partial charge is 0.230 e. The molecule has 140 valence electrons. The molecule has 0 aromatic carbocycles. The maximum absolute atomic E-state index is 14.0. The lowest BCUT2D eigenvalue weighted by Crippen LogP contribution is -2.40. The fourth-order valence-electron chi connectivity index (χ4n) is 2.76. The van der Waals surface area contributed by atoms with E-state index in [1.54, 1.807) is 6.07 Å². The second-order valence-corrected chi connectivity index (χ2v) is 7.01. The molecule has 1 atom stereocenters. The first-order valence-electron chi connectivity index (χ1n) is 8.21. The van der Waals surface area contributed by atoms with Gasteiger partial charge in [-0.25, -0.2) is 9.97 Å². The molecule has 1 saturated heterocycles. The van der Waals surface area contributed by atoms with E-state index in [1.807, 2.05) is 0 Å². The maximum Gasteiger partial charge on any atom is 0.230 e. The molecule has 0 unspecified atom stereocenters. The lowest BCUT2D eigenvalue weighted by Gasteiger charge is -2.32. The van der Waals surface area contributed by atoms with Crippen LogP contribution in [0.3, 0.4) is 0 Å². The van der Waals surface area contributed by atoms with Crippen molar-refractivity contribution >= 4 is 22.4 Å². The summed E-state index contributed by atoms with van der Waals surface area (Å²) >= 11 is 1.15. The van der Waals surface area contributed by atoms with E-state index in [9.17, 15) is 9.18 Å². The van der Waals surface area contributed by atoms with Crippen LogP contribution in [0, 0.1) is 5.95 Å². The number of aromatic nitrogens is 3. The molecule has 2 aromatic heterocycles. The van der Waals surface area contributed by atoms with Crippen LogP contribution in [-0.4, -0.2) is 52.1 Å². The van der Waals surface area contributed by atoms with Gasteiger partial charge in [-0.1, -0.05) is 11.3 Å². The first-order chi connectivity index (χ1) is 12.5. The number of carbonyl (C=O) groups is 1. The van der Waals surface area contributed by atoms with Crippen LogP contribution in [-0.2, 0) is 11.3 Å². The number of methoxy groups -OCH3 is 1. The highest BCUT2D eigenvalue weighted by Crippen LogP contribution is 2.26. The van der Waals surface area contributed by atoms with Crippen LogP contribution in [0.1, 0.15) is 24.6 Å². The van der Waals surface area contributed by atoms with Crippen molar-refractivity contribution in [1.29, 1.82) is 0 Å². The van der Waals surface area contributed by atoms with Crippen LogP contribution >= 0.6 is 11.3 Å². The largest absolute Gasteiger partial charge is 0.481 e. The van der Waals surface area contributed by atoms with Crippen molar-refractivity contribution in [1.82, 2.24) is 19.9 Å². The summed E-state index contributed by atoms with van der Waals surface area (Å²) in [7, 11) is 1.54. The minimum absolute atomic E-state index is 0.0471. The van der Waals surface area contributed by atoms with Gasteiger partial charge in [-0.15, -0.1) is 0 Å². The number of piperidine rings is 1. The van der Waals surface area contributed by atoms with E-state index in [4.69, 9.17) is 9.47 Å². The normalized spacial score (nSPS) is 17.7. The number of nitrogens with zero attached hydrogens (tertiary/aromatic N) is 4. The van der Waals surface area contributed by atoms with Crippen LogP contribution in [0.5, 0.6) is 11.8 Å². The number of rotatable bonds is 6. The molecule has 26 heavy (non-hydrogen) atoms. The first-order valence-corrected chi connectivity index (χ1v) is 9.03. The molecule has 0 aliphatic carbocycles. The summed E-state index contributed by atoms with van der Waals surface area (Å²) in [5, 5.41) is 2.80. The van der Waals surface area contributed by atoms with Crippen molar-refractivity contribution in [2.75, 3.05) is 25.5 Å². The van der Waals surface area contributed by atoms with Gasteiger partial charge in [0.25, 0.3) is 0 Å². The summed E-state index contributed by atoms with van der Waals surface area (Å²) in [4.78, 5) is 25.5. The molecule has 1 amide bonds. The van der Waals surface area contributed by atoms with Gasteiger partial charge in [0.1, 0.15) is 12.4 Å². The van der Waals surface area contributed by atoms with Crippen LogP contribution < -0.4 is 14.8 Å². The molecule has 0 radical (unpaired) electrons. The topological polar surface area (TPSA) is 89.5 Å². The molecule has 1 aliphatic heterocycles. The molecule has 3 rings (SSSR count). The Labute approximate surface area is 154 Å². The Morgan fingerprint density at radius 2 is 2.27 bits per heavy atom. The Kier molecular flexibility index (Phi) is 5.94. The van der Waals surface area contributed by atoms with Gasteiger partial charge in [0.15, 0.2) is 5.13 Å². The van der Waals surface area contributed by atoms with Crippen molar-refractivity contribution < 1.29 is 18.7 Å². The number of hydrogen-bond acceptors (Lipinski definition) is 8. The number of ether oxygens (including phenoxy) is 2. The van der Waals surface area contributed by atoms with Gasteiger partial charge in [0.05, 0.1) is 18.1 Å². The minimum Gasteiger partial charge on any atom is -0.481 e. The molecule has 2 aromatic rings. The number of carbonyl (C=O) groups excluding carboxylic acids is 1. The molecule has 0 bridgehead atoms. The number of halogens is 1. The Balaban J connectivity index is 1.60. The monoisotopic (exact) mass is 381 g/mol. The number of hydrogen-bond donors (Lipinski definition) is 1. The minimum atomic E-state index is -0.540. The van der Waals surface area contributed by atoms with E-state index >= 15 is 0 Å². The predicted molar refractivity (Wildman–Crippen MR) is 93.9 cm³/mol. The second-order valence-electron chi connectivity index (χ2n) is 5.93. The van der Waals surface area contributed by atoms with Crippen LogP contribution in [0.4, 0.5) is 9.52 Å². The van der Waals surface area contributed by atoms with Gasteiger partial charge in [0.2, 0.25) is 23.6 Å². The lowest BCUT2D eigenvalue weighted by molar-refractivity contribution is -0.114. The number of likely N-dealkylation sites (tertiary alicyclic amines) is 1. The fourth-order valence-corrected chi connectivity index (χ4v) is 3.69. The summed E-state index contributed by atoms with van der Waals surface area (Å²) in [6.45, 7) is 3.29. The molecule has 10 heteroatoms. The fraction of sp³-hybridized carbons (Fsp3) is 0.500. The number of nitrogens with one attached hydrogen (secondary N) is 1. The Hall–Kier alpha value is -2.33. The van der Waals surface area contributed by atoms with E-state index in [1.165, 1.54) is 20.4 Å². The Morgan fingerprint density at radius 1 is 1.46 bits per heavy atom. The number of amides is 1. The van der Waals surface area contributed by atoms with Crippen LogP contribution in [0.25, 0.3) is 0 Å². The SMILES string of the molecule is COc1cc(O[C@H]2CCCN(Cc3sc(NC(C)=O)nc3F)C2)ncn1. The van der Waals surface area contributed by atoms with E-state index < -0.39 is 5.95 Å². The van der Waals surface area contributed by atoms with Gasteiger partial charge < -0.3 is 14.8 Å². The van der Waals surface area contributed by atoms with Crippen molar-refractivity contribution in [3.05, 3.63) is 23.2 Å². The summed E-state index contributed by atoms with van der Waals surface area (Å²) in [5.74, 6) is 0.0971. The maximum atomic E-state index is 14.0. The molecule has 1 fully saturated rings. The molecule has 0 saturated carbocycles. The highest BCUT2D eigenvalue weighted by Gasteiger charge is 2.24. The van der Waals surface area contributed by atoms with E-state index in [0.717, 1.165) is 30.7 Å². The van der Waals surface area contributed by atoms with Crippen LogP contribution in [0.15, 0.2) is 12.4 Å². The lowest BCUT2D eigenvalue weighted by atomic mass is 10.1. The highest BCUT2D eigenvalue weighted by atomic mass is 32.1. The summed E-state index contributed by atoms with van der Waals surface area (Å²) in [6.07, 6.45) is 3.18. The third-order valence-corrected chi connectivity index (χ3v) is 4.81. The first kappa shape index (κ1) is 18.5. The average Bonchev–Trinajstić information content (AvgIpc) is 2.93. The van der Waals surface area contributed by atoms with Crippen molar-refractivity contribution in [2.24, 2.45) is 0 Å². The predicted octanol–water partition coefficient (Wildman–Crippen LogP) is 2.08. The van der Waals surface area contributed by atoms with E-state index in [0.29, 0.717) is 29.7 Å². The number of anilines is 1. The summed E-state index contributed by atoms with van der Waals surface area (Å²) in [5.41, 5.74) is 0. The van der Waals surface area contributed by atoms with Gasteiger partial charge in [0, 0.05) is 20.0 Å². The molecule has 1 N–H and O–H groups in total. The molecule has 8 nitrogen and oxygen atoms in total. The summed E-state index contributed by atoms with van der Waals surface area (Å²) in [6, 6.07) is 1.64. The van der Waals surface area contributed by atoms with Crippen molar-refractivity contribution in [3.8, 4) is 11.8 Å². The van der Waals surface area contributed by atoms with Gasteiger partial charge in [-0.05, 0) is 19.4 Å². The van der Waals surface area contributed by atoms with Gasteiger partial charge in [-0.2, -0.15) is 9.37 Å². The Morgan fingerprint density at radius 3 is 3.04 bits per heavy atom. The Bertz CT molecular complexity index is 772. The zero-order valence-corrected chi connectivity index (χ0v) is 15.4. The second kappa shape index (κ2) is 8.37. The van der Waals surface area contributed by atoms with E-state index in [2.05, 4.69) is 25.2 Å². The standard InChI is InChI=1S/C16H20FN5O3S/c1-10(23)20-16-21-15(17)12(26-16)8-22-5-3-4-11(7-22)25-14-6-13(24-2)18-9-19-14/h6,9,11H,3-5,7-8H2,1-2H3,(H,20,21,23)/t11-/m0/s1. The highest BCUT2D eigenvalue weighted by molar-refractivity contribution is 7.15. The zero-order chi connectivity index (χ0) is 18.5. The third-order valence-electron chi connectivity index (χ3n) is 3.88. The molecule has 3 heterocycles. The zero-order valence-electron chi connectivity index (χ0n) is 14.6. The third kappa shape index (κ3) is 4.85. The average molecular weight is 381 g/mol. The molecule has 0 spiro atoms. The quantitative estimate of drug-likeness (QED) is 0.819. The molecular formula is C16H20FN5O3S. The van der Waals surface area contributed by atoms with Gasteiger partial charge >= 0.3 is 0 Å². The van der Waals surface area contributed by atoms with Crippen LogP contribution in [0.2, 0.25) is 0 Å². The van der Waals surface area contributed by atoms with Crippen molar-refractivity contribution in [3.63, 3.8) is 0 Å². The molecule has 1 aliphatic rings. The number of thiazole rings is 1.